The van der Waals surface area contributed by atoms with Crippen molar-refractivity contribution in [1.29, 1.82) is 0 Å². The third-order valence-electron chi connectivity index (χ3n) is 4.61. The van der Waals surface area contributed by atoms with Crippen LogP contribution in [0, 0.1) is 5.92 Å². The number of hydrogen-bond donors (Lipinski definition) is 0. The third-order valence-corrected chi connectivity index (χ3v) is 4.61. The van der Waals surface area contributed by atoms with E-state index in [2.05, 4.69) is 19.1 Å². The first-order valence-corrected chi connectivity index (χ1v) is 7.21. The van der Waals surface area contributed by atoms with Gasteiger partial charge in [0.1, 0.15) is 11.3 Å². The third kappa shape index (κ3) is 2.24. The van der Waals surface area contributed by atoms with Gasteiger partial charge in [-0.05, 0) is 62.7 Å². The Bertz CT molecular complexity index is 535. The number of aliphatic imine (C=N–C) groups is 1. The van der Waals surface area contributed by atoms with Crippen LogP contribution in [-0.4, -0.2) is 17.5 Å². The molecule has 2 unspecified atom stereocenters. The minimum atomic E-state index is -0.384. The van der Waals surface area contributed by atoms with Crippen molar-refractivity contribution >= 4 is 12.0 Å². The molecule has 0 amide bonds. The SMILES string of the molecule is CC(=O)CC1(C2=C3CCC(C3)C2)C=CC(C)=CC=N1. The summed E-state index contributed by atoms with van der Waals surface area (Å²) in [6, 6.07) is 0. The quantitative estimate of drug-likeness (QED) is 0.705. The molecular formula is C17H21NO. The zero-order chi connectivity index (χ0) is 13.5. The van der Waals surface area contributed by atoms with Gasteiger partial charge < -0.3 is 0 Å². The molecule has 1 saturated carbocycles. The number of rotatable bonds is 3. The van der Waals surface area contributed by atoms with E-state index in [4.69, 9.17) is 4.99 Å². The molecule has 3 aliphatic rings. The van der Waals surface area contributed by atoms with Crippen molar-refractivity contribution in [3.8, 4) is 0 Å². The van der Waals surface area contributed by atoms with Crippen molar-refractivity contribution < 1.29 is 4.79 Å². The van der Waals surface area contributed by atoms with Crippen LogP contribution in [0.2, 0.25) is 0 Å². The van der Waals surface area contributed by atoms with E-state index >= 15 is 0 Å². The molecule has 2 bridgehead atoms. The highest BCUT2D eigenvalue weighted by Gasteiger charge is 2.41. The number of ketones is 1. The molecule has 2 nitrogen and oxygen atoms in total. The second kappa shape index (κ2) is 4.59. The number of hydrogen-bond acceptors (Lipinski definition) is 2. The molecule has 100 valence electrons. The summed E-state index contributed by atoms with van der Waals surface area (Å²) in [6.45, 7) is 3.75. The van der Waals surface area contributed by atoms with Crippen molar-refractivity contribution in [3.63, 3.8) is 0 Å². The van der Waals surface area contributed by atoms with E-state index < -0.39 is 0 Å². The molecule has 0 saturated heterocycles. The fourth-order valence-electron chi connectivity index (χ4n) is 3.72. The molecule has 2 heteroatoms. The molecule has 1 heterocycles. The van der Waals surface area contributed by atoms with Crippen molar-refractivity contribution in [1.82, 2.24) is 0 Å². The summed E-state index contributed by atoms with van der Waals surface area (Å²) in [6.07, 6.45) is 13.6. The maximum Gasteiger partial charge on any atom is 0.132 e. The molecule has 0 spiro atoms. The Morgan fingerprint density at radius 1 is 1.47 bits per heavy atom. The van der Waals surface area contributed by atoms with Gasteiger partial charge in [0.15, 0.2) is 0 Å². The van der Waals surface area contributed by atoms with Crippen LogP contribution in [0.25, 0.3) is 0 Å². The molecule has 2 aliphatic carbocycles. The summed E-state index contributed by atoms with van der Waals surface area (Å²) in [5.41, 5.74) is 3.83. The van der Waals surface area contributed by atoms with E-state index in [9.17, 15) is 4.79 Å². The van der Waals surface area contributed by atoms with Gasteiger partial charge in [-0.25, -0.2) is 0 Å². The number of carbonyl (C=O) groups excluding carboxylic acids is 1. The largest absolute Gasteiger partial charge is 0.300 e. The summed E-state index contributed by atoms with van der Waals surface area (Å²) in [5, 5.41) is 0. The Hall–Kier alpha value is -1.44. The zero-order valence-corrected chi connectivity index (χ0v) is 11.8. The number of allylic oxidation sites excluding steroid dienone is 4. The van der Waals surface area contributed by atoms with Gasteiger partial charge in [0, 0.05) is 12.6 Å². The first kappa shape index (κ1) is 12.6. The van der Waals surface area contributed by atoms with Crippen molar-refractivity contribution in [3.05, 3.63) is 34.9 Å². The van der Waals surface area contributed by atoms with Gasteiger partial charge in [-0.15, -0.1) is 0 Å². The van der Waals surface area contributed by atoms with E-state index in [-0.39, 0.29) is 11.3 Å². The maximum atomic E-state index is 11.7. The summed E-state index contributed by atoms with van der Waals surface area (Å²) >= 11 is 0. The lowest BCUT2D eigenvalue weighted by Crippen LogP contribution is -2.30. The Morgan fingerprint density at radius 3 is 2.95 bits per heavy atom. The van der Waals surface area contributed by atoms with Gasteiger partial charge in [-0.2, -0.15) is 0 Å². The molecule has 0 aromatic carbocycles. The Labute approximate surface area is 115 Å². The fraction of sp³-hybridized carbons (Fsp3) is 0.529. The molecule has 3 rings (SSSR count). The highest BCUT2D eigenvalue weighted by molar-refractivity contribution is 5.81. The highest BCUT2D eigenvalue weighted by Crippen LogP contribution is 2.50. The highest BCUT2D eigenvalue weighted by atomic mass is 16.1. The Balaban J connectivity index is 2.03. The summed E-state index contributed by atoms with van der Waals surface area (Å²) in [5.74, 6) is 1.03. The van der Waals surface area contributed by atoms with Gasteiger partial charge in [-0.3, -0.25) is 9.79 Å². The predicted octanol–water partition coefficient (Wildman–Crippen LogP) is 3.79. The monoisotopic (exact) mass is 255 g/mol. The molecule has 0 aromatic heterocycles. The summed E-state index contributed by atoms with van der Waals surface area (Å²) < 4.78 is 0. The van der Waals surface area contributed by atoms with E-state index in [1.54, 1.807) is 12.5 Å². The first-order chi connectivity index (χ1) is 9.09. The lowest BCUT2D eigenvalue weighted by Gasteiger charge is -2.30. The molecule has 0 aromatic rings. The number of fused-ring (bicyclic) bond motifs is 2. The van der Waals surface area contributed by atoms with Crippen LogP contribution in [-0.2, 0) is 4.79 Å². The number of nitrogens with zero attached hydrogens (tertiary/aromatic N) is 1. The van der Waals surface area contributed by atoms with Crippen molar-refractivity contribution in [2.24, 2.45) is 10.9 Å². The minimum Gasteiger partial charge on any atom is -0.300 e. The van der Waals surface area contributed by atoms with Crippen molar-refractivity contribution in [2.75, 3.05) is 0 Å². The van der Waals surface area contributed by atoms with E-state index in [1.807, 2.05) is 12.3 Å². The number of Topliss-reactive ketones (excluding diaryl/α,β-unsaturated/α-hetero) is 1. The molecule has 1 aliphatic heterocycles. The van der Waals surface area contributed by atoms with Gasteiger partial charge in [0.2, 0.25) is 0 Å². The van der Waals surface area contributed by atoms with Gasteiger partial charge in [0.25, 0.3) is 0 Å². The molecule has 1 fully saturated rings. The second-order valence-corrected chi connectivity index (χ2v) is 6.22. The molecule has 0 N–H and O–H groups in total. The first-order valence-electron chi connectivity index (χ1n) is 7.21. The normalized spacial score (nSPS) is 32.7. The minimum absolute atomic E-state index is 0.220. The Kier molecular flexibility index (Phi) is 3.04. The maximum absolute atomic E-state index is 11.7. The lowest BCUT2D eigenvalue weighted by atomic mass is 9.79. The van der Waals surface area contributed by atoms with Crippen LogP contribution in [0.5, 0.6) is 0 Å². The molecule has 0 radical (unpaired) electrons. The molecule has 2 atom stereocenters. The van der Waals surface area contributed by atoms with Crippen LogP contribution in [0.1, 0.15) is 46.0 Å². The van der Waals surface area contributed by atoms with Gasteiger partial charge >= 0.3 is 0 Å². The van der Waals surface area contributed by atoms with E-state index in [0.29, 0.717) is 6.42 Å². The Morgan fingerprint density at radius 2 is 2.32 bits per heavy atom. The molecular weight excluding hydrogens is 234 g/mol. The smallest absolute Gasteiger partial charge is 0.132 e. The second-order valence-electron chi connectivity index (χ2n) is 6.22. The van der Waals surface area contributed by atoms with E-state index in [1.165, 1.54) is 30.4 Å². The standard InChI is InChI=1S/C17H21NO/c1-12-5-7-17(11-13(2)19,18-8-6-12)16-10-14-3-4-15(16)9-14/h5-8,14H,3-4,9-11H2,1-2H3. The zero-order valence-electron chi connectivity index (χ0n) is 11.8. The number of carbonyl (C=O) groups is 1. The predicted molar refractivity (Wildman–Crippen MR) is 78.4 cm³/mol. The van der Waals surface area contributed by atoms with E-state index in [0.717, 1.165) is 12.3 Å². The summed E-state index contributed by atoms with van der Waals surface area (Å²) in [4.78, 5) is 16.5. The van der Waals surface area contributed by atoms with Crippen LogP contribution in [0.15, 0.2) is 39.9 Å². The van der Waals surface area contributed by atoms with Crippen LogP contribution in [0.4, 0.5) is 0 Å². The average Bonchev–Trinajstić information content (AvgIpc) is 2.93. The average molecular weight is 255 g/mol. The topological polar surface area (TPSA) is 29.4 Å². The van der Waals surface area contributed by atoms with Crippen molar-refractivity contribution in [2.45, 2.75) is 51.5 Å². The van der Waals surface area contributed by atoms with Gasteiger partial charge in [-0.1, -0.05) is 17.7 Å². The fourth-order valence-corrected chi connectivity index (χ4v) is 3.72. The molecule has 19 heavy (non-hydrogen) atoms. The van der Waals surface area contributed by atoms with Crippen LogP contribution in [0.3, 0.4) is 0 Å². The summed E-state index contributed by atoms with van der Waals surface area (Å²) in [7, 11) is 0. The van der Waals surface area contributed by atoms with Gasteiger partial charge in [0.05, 0.1) is 0 Å². The van der Waals surface area contributed by atoms with Crippen LogP contribution >= 0.6 is 0 Å². The lowest BCUT2D eigenvalue weighted by molar-refractivity contribution is -0.117. The van der Waals surface area contributed by atoms with Crippen LogP contribution < -0.4 is 0 Å².